The van der Waals surface area contributed by atoms with Crippen molar-refractivity contribution in [1.29, 1.82) is 0 Å². The number of hydrazone groups is 1. The zero-order chi connectivity index (χ0) is 21.9. The number of benzene rings is 2. The van der Waals surface area contributed by atoms with Crippen LogP contribution in [0.5, 0.6) is 0 Å². The molecule has 0 radical (unpaired) electrons. The van der Waals surface area contributed by atoms with E-state index in [0.717, 1.165) is 32.6 Å². The number of aryl methyl sites for hydroxylation is 2. The molecule has 0 bridgehead atoms. The van der Waals surface area contributed by atoms with Crippen molar-refractivity contribution in [3.05, 3.63) is 70.4 Å². The molecule has 1 amide bonds. The molecular formula is C21H21ClN4O3S. The van der Waals surface area contributed by atoms with Crippen LogP contribution in [0.2, 0.25) is 5.15 Å². The first-order valence-electron chi connectivity index (χ1n) is 9.07. The topological polar surface area (TPSA) is 91.7 Å². The second-order valence-electron chi connectivity index (χ2n) is 6.97. The number of nitrogens with zero attached hydrogens (tertiary/aromatic N) is 3. The third kappa shape index (κ3) is 5.34. The van der Waals surface area contributed by atoms with E-state index in [2.05, 4.69) is 15.5 Å². The van der Waals surface area contributed by atoms with Crippen molar-refractivity contribution in [2.75, 3.05) is 17.1 Å². The maximum absolute atomic E-state index is 12.3. The summed E-state index contributed by atoms with van der Waals surface area (Å²) in [6.45, 7) is 3.41. The van der Waals surface area contributed by atoms with E-state index in [1.165, 1.54) is 6.21 Å². The Morgan fingerprint density at radius 2 is 1.90 bits per heavy atom. The van der Waals surface area contributed by atoms with Crippen LogP contribution in [-0.4, -0.2) is 38.3 Å². The van der Waals surface area contributed by atoms with Crippen LogP contribution in [0.3, 0.4) is 0 Å². The number of pyridine rings is 1. The number of nitrogens with one attached hydrogen (secondary N) is 1. The first kappa shape index (κ1) is 21.7. The number of halogens is 1. The Morgan fingerprint density at radius 1 is 1.17 bits per heavy atom. The Bertz CT molecular complexity index is 1240. The second-order valence-corrected chi connectivity index (χ2v) is 9.23. The fourth-order valence-corrected chi connectivity index (χ4v) is 3.93. The van der Waals surface area contributed by atoms with Gasteiger partial charge in [-0.2, -0.15) is 5.10 Å². The summed E-state index contributed by atoms with van der Waals surface area (Å²) in [6, 6.07) is 14.5. The zero-order valence-corrected chi connectivity index (χ0v) is 18.3. The summed E-state index contributed by atoms with van der Waals surface area (Å²) >= 11 is 6.21. The molecule has 2 aromatic carbocycles. The molecule has 1 N–H and O–H groups in total. The molecule has 0 aliphatic carbocycles. The highest BCUT2D eigenvalue weighted by molar-refractivity contribution is 7.92. The van der Waals surface area contributed by atoms with Gasteiger partial charge < -0.3 is 0 Å². The Morgan fingerprint density at radius 3 is 2.60 bits per heavy atom. The van der Waals surface area contributed by atoms with E-state index < -0.39 is 22.5 Å². The molecule has 1 heterocycles. The lowest BCUT2D eigenvalue weighted by atomic mass is 10.1. The maximum Gasteiger partial charge on any atom is 0.260 e. The molecule has 0 saturated heterocycles. The summed E-state index contributed by atoms with van der Waals surface area (Å²) in [5, 5.41) is 5.05. The Hall–Kier alpha value is -2.97. The van der Waals surface area contributed by atoms with Crippen molar-refractivity contribution in [2.45, 2.75) is 13.8 Å². The highest BCUT2D eigenvalue weighted by atomic mass is 35.5. The monoisotopic (exact) mass is 444 g/mol. The third-order valence-corrected chi connectivity index (χ3v) is 5.77. The van der Waals surface area contributed by atoms with E-state index in [1.807, 2.05) is 44.2 Å². The highest BCUT2D eigenvalue weighted by Crippen LogP contribution is 2.21. The SMILES string of the molecule is Cc1cccc(N(CC(=O)N/N=C\c2cc3ccc(C)cc3nc2Cl)S(C)(=O)=O)c1. The molecule has 0 unspecified atom stereocenters. The molecule has 0 saturated carbocycles. The minimum atomic E-state index is -3.65. The quantitative estimate of drug-likeness (QED) is 0.358. The van der Waals surface area contributed by atoms with E-state index in [0.29, 0.717) is 11.3 Å². The van der Waals surface area contributed by atoms with Gasteiger partial charge in [0.05, 0.1) is 23.7 Å². The molecular weight excluding hydrogens is 424 g/mol. The van der Waals surface area contributed by atoms with Gasteiger partial charge in [0.25, 0.3) is 5.91 Å². The van der Waals surface area contributed by atoms with E-state index in [-0.39, 0.29) is 5.15 Å². The number of rotatable bonds is 6. The van der Waals surface area contributed by atoms with Crippen LogP contribution in [-0.2, 0) is 14.8 Å². The minimum Gasteiger partial charge on any atom is -0.271 e. The van der Waals surface area contributed by atoms with E-state index in [9.17, 15) is 13.2 Å². The molecule has 0 aliphatic rings. The second kappa shape index (κ2) is 8.81. The maximum atomic E-state index is 12.3. The number of anilines is 1. The lowest BCUT2D eigenvalue weighted by molar-refractivity contribution is -0.119. The standard InChI is InChI=1S/C21H21ClN4O3S/c1-14-5-4-6-18(9-14)26(30(3,28)29)13-20(27)25-23-12-17-11-16-8-7-15(2)10-19(16)24-21(17)22/h4-12H,13H2,1-3H3,(H,25,27)/b23-12-. The number of fused-ring (bicyclic) bond motifs is 1. The van der Waals surface area contributed by atoms with Crippen molar-refractivity contribution in [1.82, 2.24) is 10.4 Å². The lowest BCUT2D eigenvalue weighted by Gasteiger charge is -2.21. The molecule has 0 fully saturated rings. The Balaban J connectivity index is 1.74. The number of hydrogen-bond donors (Lipinski definition) is 1. The van der Waals surface area contributed by atoms with Crippen LogP contribution in [0.4, 0.5) is 5.69 Å². The van der Waals surface area contributed by atoms with E-state index in [4.69, 9.17) is 11.6 Å². The van der Waals surface area contributed by atoms with Crippen LogP contribution >= 0.6 is 11.6 Å². The van der Waals surface area contributed by atoms with Crippen LogP contribution in [0.1, 0.15) is 16.7 Å². The molecule has 0 aliphatic heterocycles. The summed E-state index contributed by atoms with van der Waals surface area (Å²) in [4.78, 5) is 16.6. The number of sulfonamides is 1. The first-order valence-corrected chi connectivity index (χ1v) is 11.3. The molecule has 9 heteroatoms. The summed E-state index contributed by atoms with van der Waals surface area (Å²) in [5.74, 6) is -0.585. The van der Waals surface area contributed by atoms with Gasteiger partial charge in [0, 0.05) is 10.9 Å². The third-order valence-electron chi connectivity index (χ3n) is 4.32. The van der Waals surface area contributed by atoms with Crippen molar-refractivity contribution >= 4 is 50.3 Å². The zero-order valence-electron chi connectivity index (χ0n) is 16.8. The van der Waals surface area contributed by atoms with Gasteiger partial charge in [-0.1, -0.05) is 35.9 Å². The van der Waals surface area contributed by atoms with Crippen molar-refractivity contribution in [3.8, 4) is 0 Å². The Kier molecular flexibility index (Phi) is 6.38. The number of hydrogen-bond acceptors (Lipinski definition) is 5. The highest BCUT2D eigenvalue weighted by Gasteiger charge is 2.20. The molecule has 30 heavy (non-hydrogen) atoms. The molecule has 7 nitrogen and oxygen atoms in total. The predicted molar refractivity (Wildman–Crippen MR) is 121 cm³/mol. The van der Waals surface area contributed by atoms with Crippen molar-refractivity contribution < 1.29 is 13.2 Å². The molecule has 0 atom stereocenters. The van der Waals surface area contributed by atoms with Crippen molar-refractivity contribution in [2.24, 2.45) is 5.10 Å². The fourth-order valence-electron chi connectivity index (χ4n) is 2.88. The molecule has 156 valence electrons. The average Bonchev–Trinajstić information content (AvgIpc) is 2.65. The van der Waals surface area contributed by atoms with Crippen LogP contribution in [0, 0.1) is 13.8 Å². The van der Waals surface area contributed by atoms with Gasteiger partial charge in [0.15, 0.2) is 0 Å². The number of carbonyl (C=O) groups excluding carboxylic acids is 1. The van der Waals surface area contributed by atoms with Crippen LogP contribution in [0.15, 0.2) is 53.6 Å². The minimum absolute atomic E-state index is 0.253. The van der Waals surface area contributed by atoms with Gasteiger partial charge in [-0.05, 0) is 49.2 Å². The van der Waals surface area contributed by atoms with Crippen molar-refractivity contribution in [3.63, 3.8) is 0 Å². The lowest BCUT2D eigenvalue weighted by Crippen LogP contribution is -2.39. The van der Waals surface area contributed by atoms with Crippen LogP contribution in [0.25, 0.3) is 10.9 Å². The fraction of sp³-hybridized carbons (Fsp3) is 0.190. The van der Waals surface area contributed by atoms with E-state index in [1.54, 1.807) is 18.2 Å². The van der Waals surface area contributed by atoms with Gasteiger partial charge in [-0.3, -0.25) is 9.10 Å². The molecule has 0 spiro atoms. The summed E-state index contributed by atoms with van der Waals surface area (Å²) in [7, 11) is -3.65. The summed E-state index contributed by atoms with van der Waals surface area (Å²) < 4.78 is 25.3. The van der Waals surface area contributed by atoms with Gasteiger partial charge in [-0.25, -0.2) is 18.8 Å². The summed E-state index contributed by atoms with van der Waals surface area (Å²) in [6.07, 6.45) is 2.43. The van der Waals surface area contributed by atoms with Gasteiger partial charge in [0.2, 0.25) is 10.0 Å². The predicted octanol–water partition coefficient (Wildman–Crippen LogP) is 3.42. The van der Waals surface area contributed by atoms with Gasteiger partial charge in [-0.15, -0.1) is 0 Å². The smallest absolute Gasteiger partial charge is 0.260 e. The number of aromatic nitrogens is 1. The number of carbonyl (C=O) groups is 1. The Labute approximate surface area is 180 Å². The molecule has 1 aromatic heterocycles. The average molecular weight is 445 g/mol. The summed E-state index contributed by atoms with van der Waals surface area (Å²) in [5.41, 5.74) is 6.01. The largest absolute Gasteiger partial charge is 0.271 e. The molecule has 3 aromatic rings. The molecule has 3 rings (SSSR count). The normalized spacial score (nSPS) is 11.7. The first-order chi connectivity index (χ1) is 14.1. The van der Waals surface area contributed by atoms with Crippen LogP contribution < -0.4 is 9.73 Å². The number of amides is 1. The van der Waals surface area contributed by atoms with Gasteiger partial charge in [0.1, 0.15) is 11.7 Å². The van der Waals surface area contributed by atoms with Gasteiger partial charge >= 0.3 is 0 Å². The van der Waals surface area contributed by atoms with E-state index >= 15 is 0 Å².